The summed E-state index contributed by atoms with van der Waals surface area (Å²) >= 11 is 2.75. The number of nitrogens with one attached hydrogen (secondary N) is 2. The van der Waals surface area contributed by atoms with Gasteiger partial charge in [-0.2, -0.15) is 0 Å². The average Bonchev–Trinajstić information content (AvgIpc) is 3.15. The van der Waals surface area contributed by atoms with Gasteiger partial charge in [0, 0.05) is 30.5 Å². The molecule has 2 aromatic carbocycles. The average molecular weight is 442 g/mol. The molecule has 1 heterocycles. The summed E-state index contributed by atoms with van der Waals surface area (Å²) in [5.41, 5.74) is 3.50. The Morgan fingerprint density at radius 1 is 1.10 bits per heavy atom. The molecule has 0 fully saturated rings. The summed E-state index contributed by atoms with van der Waals surface area (Å²) < 4.78 is 0.713. The molecule has 0 aliphatic rings. The number of nitrogens with zero attached hydrogens (tertiary/aromatic N) is 3. The lowest BCUT2D eigenvalue weighted by Gasteiger charge is -2.22. The van der Waals surface area contributed by atoms with Crippen molar-refractivity contribution in [2.75, 3.05) is 27.8 Å². The molecule has 2 N–H and O–H groups in total. The van der Waals surface area contributed by atoms with E-state index < -0.39 is 0 Å². The van der Waals surface area contributed by atoms with Gasteiger partial charge in [0.1, 0.15) is 0 Å². The van der Waals surface area contributed by atoms with Gasteiger partial charge in [-0.15, -0.1) is 10.2 Å². The minimum Gasteiger partial charge on any atom is -0.330 e. The van der Waals surface area contributed by atoms with Gasteiger partial charge in [-0.3, -0.25) is 9.59 Å². The second-order valence-electron chi connectivity index (χ2n) is 6.47. The van der Waals surface area contributed by atoms with Crippen LogP contribution in [0.4, 0.5) is 22.2 Å². The number of aryl methyl sites for hydroxylation is 1. The zero-order valence-electron chi connectivity index (χ0n) is 17.0. The minimum absolute atomic E-state index is 0.0320. The van der Waals surface area contributed by atoms with Crippen molar-refractivity contribution in [2.45, 2.75) is 25.1 Å². The first kappa shape index (κ1) is 21.8. The summed E-state index contributed by atoms with van der Waals surface area (Å²) in [6.45, 7) is 6.05. The van der Waals surface area contributed by atoms with Crippen LogP contribution in [0.1, 0.15) is 19.4 Å². The number of carbonyl (C=O) groups is 2. The van der Waals surface area contributed by atoms with E-state index >= 15 is 0 Å². The Bertz CT molecular complexity index is 1040. The van der Waals surface area contributed by atoms with Gasteiger partial charge in [0.25, 0.3) is 0 Å². The fraction of sp³-hybridized carbons (Fsp3) is 0.238. The minimum atomic E-state index is -0.127. The molecule has 0 bridgehead atoms. The predicted molar refractivity (Wildman–Crippen MR) is 124 cm³/mol. The molecule has 3 rings (SSSR count). The lowest BCUT2D eigenvalue weighted by Crippen LogP contribution is -2.32. The van der Waals surface area contributed by atoms with Gasteiger partial charge in [0.15, 0.2) is 4.34 Å². The summed E-state index contributed by atoms with van der Waals surface area (Å²) in [6, 6.07) is 15.2. The molecule has 30 heavy (non-hydrogen) atoms. The van der Waals surface area contributed by atoms with E-state index in [0.29, 0.717) is 21.7 Å². The van der Waals surface area contributed by atoms with E-state index in [1.165, 1.54) is 30.0 Å². The largest absolute Gasteiger partial charge is 0.330 e. The maximum absolute atomic E-state index is 12.7. The number of aromatic nitrogens is 2. The number of thioether (sulfide) groups is 1. The number of benzene rings is 2. The molecular weight excluding hydrogens is 418 g/mol. The van der Waals surface area contributed by atoms with Crippen LogP contribution in [0.5, 0.6) is 0 Å². The molecule has 9 heteroatoms. The van der Waals surface area contributed by atoms with Crippen molar-refractivity contribution in [3.05, 3.63) is 54.1 Å². The molecule has 0 spiro atoms. The molecule has 0 aliphatic heterocycles. The van der Waals surface area contributed by atoms with Crippen molar-refractivity contribution in [1.29, 1.82) is 0 Å². The Labute approximate surface area is 183 Å². The lowest BCUT2D eigenvalue weighted by atomic mass is 10.2. The maximum Gasteiger partial charge on any atom is 0.237 e. The first-order valence-corrected chi connectivity index (χ1v) is 11.2. The van der Waals surface area contributed by atoms with Crippen LogP contribution >= 0.6 is 23.1 Å². The summed E-state index contributed by atoms with van der Waals surface area (Å²) in [4.78, 5) is 25.7. The number of hydrogen-bond acceptors (Lipinski definition) is 7. The van der Waals surface area contributed by atoms with Crippen molar-refractivity contribution < 1.29 is 9.59 Å². The summed E-state index contributed by atoms with van der Waals surface area (Å²) in [5.74, 6) is 0.192. The molecule has 0 unspecified atom stereocenters. The van der Waals surface area contributed by atoms with Gasteiger partial charge >= 0.3 is 0 Å². The molecular formula is C21H23N5O2S2. The van der Waals surface area contributed by atoms with Gasteiger partial charge in [0.05, 0.1) is 5.75 Å². The van der Waals surface area contributed by atoms with E-state index in [1.807, 2.05) is 62.4 Å². The molecule has 7 nitrogen and oxygen atoms in total. The van der Waals surface area contributed by atoms with E-state index in [2.05, 4.69) is 20.8 Å². The third-order valence-electron chi connectivity index (χ3n) is 4.18. The van der Waals surface area contributed by atoms with Crippen molar-refractivity contribution in [1.82, 2.24) is 10.2 Å². The van der Waals surface area contributed by atoms with Crippen LogP contribution in [0, 0.1) is 6.92 Å². The van der Waals surface area contributed by atoms with Crippen LogP contribution < -0.4 is 15.5 Å². The van der Waals surface area contributed by atoms with Crippen molar-refractivity contribution in [3.63, 3.8) is 0 Å². The van der Waals surface area contributed by atoms with E-state index in [1.54, 1.807) is 4.90 Å². The van der Waals surface area contributed by atoms with Crippen LogP contribution in [-0.4, -0.2) is 34.3 Å². The highest BCUT2D eigenvalue weighted by atomic mass is 32.2. The molecule has 2 amide bonds. The Hall–Kier alpha value is -2.91. The predicted octanol–water partition coefficient (Wildman–Crippen LogP) is 4.69. The Kier molecular flexibility index (Phi) is 7.42. The number of anilines is 4. The highest BCUT2D eigenvalue weighted by Crippen LogP contribution is 2.29. The fourth-order valence-electron chi connectivity index (χ4n) is 2.87. The summed E-state index contributed by atoms with van der Waals surface area (Å²) in [7, 11) is 0. The number of hydrogen-bond donors (Lipinski definition) is 2. The third kappa shape index (κ3) is 5.80. The number of amides is 2. The van der Waals surface area contributed by atoms with Gasteiger partial charge < -0.3 is 15.5 Å². The summed E-state index contributed by atoms with van der Waals surface area (Å²) in [5, 5.41) is 14.8. The van der Waals surface area contributed by atoms with Gasteiger partial charge in [-0.05, 0) is 43.7 Å². The van der Waals surface area contributed by atoms with E-state index in [9.17, 15) is 9.59 Å². The fourth-order valence-corrected chi connectivity index (χ4v) is 4.52. The SMILES string of the molecule is CCN(C(=O)CSc1nnc(Nc2cccc(NC(C)=O)c2)s1)c1ccccc1C. The molecule has 0 atom stereocenters. The first-order valence-electron chi connectivity index (χ1n) is 9.43. The highest BCUT2D eigenvalue weighted by Gasteiger charge is 2.17. The van der Waals surface area contributed by atoms with Crippen LogP contribution in [-0.2, 0) is 9.59 Å². The smallest absolute Gasteiger partial charge is 0.237 e. The molecule has 0 aliphatic carbocycles. The monoisotopic (exact) mass is 441 g/mol. The Balaban J connectivity index is 1.60. The van der Waals surface area contributed by atoms with E-state index in [-0.39, 0.29) is 17.6 Å². The normalized spacial score (nSPS) is 10.5. The van der Waals surface area contributed by atoms with Gasteiger partial charge in [-0.1, -0.05) is 47.4 Å². The van der Waals surface area contributed by atoms with E-state index in [4.69, 9.17) is 0 Å². The molecule has 156 valence electrons. The molecule has 1 aromatic heterocycles. The van der Waals surface area contributed by atoms with Gasteiger partial charge in [-0.25, -0.2) is 0 Å². The van der Waals surface area contributed by atoms with Crippen molar-refractivity contribution in [2.24, 2.45) is 0 Å². The molecule has 0 saturated carbocycles. The second kappa shape index (κ2) is 10.2. The zero-order chi connectivity index (χ0) is 21.5. The first-order chi connectivity index (χ1) is 14.5. The molecule has 0 saturated heterocycles. The van der Waals surface area contributed by atoms with Crippen LogP contribution in [0.2, 0.25) is 0 Å². The molecule has 3 aromatic rings. The standard InChI is InChI=1S/C21H23N5O2S2/c1-4-26(18-11-6-5-8-14(18)2)19(28)13-29-21-25-24-20(30-21)23-17-10-7-9-16(12-17)22-15(3)27/h5-12H,4,13H2,1-3H3,(H,22,27)(H,23,24). The lowest BCUT2D eigenvalue weighted by molar-refractivity contribution is -0.116. The highest BCUT2D eigenvalue weighted by molar-refractivity contribution is 8.01. The maximum atomic E-state index is 12.7. The number of para-hydroxylation sites is 1. The van der Waals surface area contributed by atoms with Crippen molar-refractivity contribution >= 4 is 57.1 Å². The van der Waals surface area contributed by atoms with Crippen LogP contribution in [0.25, 0.3) is 0 Å². The van der Waals surface area contributed by atoms with Crippen LogP contribution in [0.15, 0.2) is 52.9 Å². The van der Waals surface area contributed by atoms with E-state index in [0.717, 1.165) is 16.9 Å². The topological polar surface area (TPSA) is 87.2 Å². The number of carbonyl (C=O) groups excluding carboxylic acids is 2. The zero-order valence-corrected chi connectivity index (χ0v) is 18.6. The Morgan fingerprint density at radius 2 is 1.87 bits per heavy atom. The molecule has 0 radical (unpaired) electrons. The quantitative estimate of drug-likeness (QED) is 0.493. The van der Waals surface area contributed by atoms with Crippen molar-refractivity contribution in [3.8, 4) is 0 Å². The van der Waals surface area contributed by atoms with Crippen LogP contribution in [0.3, 0.4) is 0 Å². The van der Waals surface area contributed by atoms with Gasteiger partial charge in [0.2, 0.25) is 16.9 Å². The summed E-state index contributed by atoms with van der Waals surface area (Å²) in [6.07, 6.45) is 0. The second-order valence-corrected chi connectivity index (χ2v) is 8.67. The number of rotatable bonds is 8. The Morgan fingerprint density at radius 3 is 2.60 bits per heavy atom. The third-order valence-corrected chi connectivity index (χ3v) is 6.14.